The fraction of sp³-hybridized carbons (Fsp3) is 0.632. The second-order valence-electron chi connectivity index (χ2n) is 6.88. The van der Waals surface area contributed by atoms with Crippen molar-refractivity contribution < 1.29 is 9.53 Å². The maximum absolute atomic E-state index is 12.5. The molecule has 5 nitrogen and oxygen atoms in total. The van der Waals surface area contributed by atoms with Gasteiger partial charge in [0.05, 0.1) is 13.2 Å². The summed E-state index contributed by atoms with van der Waals surface area (Å²) in [5.41, 5.74) is 2.46. The third kappa shape index (κ3) is 4.48. The molecule has 2 aliphatic rings. The van der Waals surface area contributed by atoms with Crippen LogP contribution in [0.4, 0.5) is 5.69 Å². The Hall–Kier alpha value is -1.59. The first-order valence-corrected chi connectivity index (χ1v) is 9.09. The van der Waals surface area contributed by atoms with Gasteiger partial charge in [-0.3, -0.25) is 4.79 Å². The number of amides is 1. The molecule has 0 aromatic heterocycles. The lowest BCUT2D eigenvalue weighted by molar-refractivity contribution is -0.130. The lowest BCUT2D eigenvalue weighted by Crippen LogP contribution is -2.37. The van der Waals surface area contributed by atoms with Crippen LogP contribution in [0.15, 0.2) is 24.3 Å². The number of rotatable bonds is 6. The number of carbonyl (C=O) groups excluding carboxylic acids is 1. The topological polar surface area (TPSA) is 44.8 Å². The van der Waals surface area contributed by atoms with Crippen LogP contribution in [0.25, 0.3) is 0 Å². The van der Waals surface area contributed by atoms with Gasteiger partial charge in [-0.25, -0.2) is 0 Å². The number of nitrogens with one attached hydrogen (secondary N) is 1. The molecule has 1 unspecified atom stereocenters. The average molecular weight is 331 g/mol. The smallest absolute Gasteiger partial charge is 0.222 e. The third-order valence-corrected chi connectivity index (χ3v) is 5.11. The van der Waals surface area contributed by atoms with E-state index in [9.17, 15) is 4.79 Å². The van der Waals surface area contributed by atoms with E-state index in [1.54, 1.807) is 0 Å². The normalized spacial score (nSPS) is 21.0. The van der Waals surface area contributed by atoms with Crippen LogP contribution < -0.4 is 10.2 Å². The van der Waals surface area contributed by atoms with Gasteiger partial charge in [-0.15, -0.1) is 0 Å². The summed E-state index contributed by atoms with van der Waals surface area (Å²) in [4.78, 5) is 16.7. The average Bonchev–Trinajstić information content (AvgIpc) is 3.14. The summed E-state index contributed by atoms with van der Waals surface area (Å²) in [5, 5.41) is 3.37. The summed E-state index contributed by atoms with van der Waals surface area (Å²) in [6, 6.07) is 8.42. The standard InChI is InChI=1S/C19H29N3O2/c1-21(19(23)7-6-16-8-9-20-14-16)15-17-4-2-3-5-18(17)22-10-12-24-13-11-22/h2-5,16,20H,6-15H2,1H3. The predicted octanol–water partition coefficient (Wildman–Crippen LogP) is 1.87. The molecule has 1 N–H and O–H groups in total. The van der Waals surface area contributed by atoms with Crippen LogP contribution in [0.5, 0.6) is 0 Å². The zero-order valence-electron chi connectivity index (χ0n) is 14.7. The quantitative estimate of drug-likeness (QED) is 0.864. The molecule has 2 saturated heterocycles. The number of hydrogen-bond donors (Lipinski definition) is 1. The van der Waals surface area contributed by atoms with Crippen molar-refractivity contribution in [2.45, 2.75) is 25.8 Å². The summed E-state index contributed by atoms with van der Waals surface area (Å²) in [6.07, 6.45) is 2.86. The van der Waals surface area contributed by atoms with Crippen LogP contribution in [0, 0.1) is 5.92 Å². The van der Waals surface area contributed by atoms with Crippen molar-refractivity contribution in [3.8, 4) is 0 Å². The maximum atomic E-state index is 12.5. The molecule has 0 radical (unpaired) electrons. The molecule has 0 aliphatic carbocycles. The molecule has 0 saturated carbocycles. The molecule has 1 aromatic rings. The van der Waals surface area contributed by atoms with Crippen LogP contribution in [-0.4, -0.2) is 57.2 Å². The van der Waals surface area contributed by atoms with Crippen molar-refractivity contribution in [2.75, 3.05) is 51.3 Å². The number of benzene rings is 1. The Kier molecular flexibility index (Phi) is 6.10. The predicted molar refractivity (Wildman–Crippen MR) is 96.2 cm³/mol. The molecular weight excluding hydrogens is 302 g/mol. The second-order valence-corrected chi connectivity index (χ2v) is 6.88. The molecule has 0 spiro atoms. The molecule has 1 atom stereocenters. The van der Waals surface area contributed by atoms with E-state index < -0.39 is 0 Å². The van der Waals surface area contributed by atoms with E-state index in [2.05, 4.69) is 34.5 Å². The molecule has 2 heterocycles. The molecule has 0 bridgehead atoms. The zero-order valence-corrected chi connectivity index (χ0v) is 14.7. The van der Waals surface area contributed by atoms with Crippen molar-refractivity contribution in [3.05, 3.63) is 29.8 Å². The first kappa shape index (κ1) is 17.2. The fourth-order valence-electron chi connectivity index (χ4n) is 3.58. The molecule has 5 heteroatoms. The van der Waals surface area contributed by atoms with Crippen molar-refractivity contribution >= 4 is 11.6 Å². The van der Waals surface area contributed by atoms with Gasteiger partial charge in [-0.2, -0.15) is 0 Å². The minimum atomic E-state index is 0.249. The van der Waals surface area contributed by atoms with Crippen LogP contribution >= 0.6 is 0 Å². The molecular formula is C19H29N3O2. The maximum Gasteiger partial charge on any atom is 0.222 e. The monoisotopic (exact) mass is 331 g/mol. The first-order chi connectivity index (χ1) is 11.7. The summed E-state index contributed by atoms with van der Waals surface area (Å²) < 4.78 is 5.45. The van der Waals surface area contributed by atoms with Crippen molar-refractivity contribution in [1.29, 1.82) is 0 Å². The summed E-state index contributed by atoms with van der Waals surface area (Å²) in [5.74, 6) is 0.918. The first-order valence-electron chi connectivity index (χ1n) is 9.09. The van der Waals surface area contributed by atoms with Crippen LogP contribution in [0.3, 0.4) is 0 Å². The van der Waals surface area contributed by atoms with Gasteiger partial charge in [-0.05, 0) is 43.5 Å². The summed E-state index contributed by atoms with van der Waals surface area (Å²) in [6.45, 7) is 6.23. The van der Waals surface area contributed by atoms with Gasteiger partial charge >= 0.3 is 0 Å². The molecule has 1 aromatic carbocycles. The molecule has 3 rings (SSSR count). The largest absolute Gasteiger partial charge is 0.378 e. The highest BCUT2D eigenvalue weighted by atomic mass is 16.5. The highest BCUT2D eigenvalue weighted by Crippen LogP contribution is 2.23. The second kappa shape index (κ2) is 8.49. The number of anilines is 1. The third-order valence-electron chi connectivity index (χ3n) is 5.11. The van der Waals surface area contributed by atoms with E-state index >= 15 is 0 Å². The Labute approximate surface area is 145 Å². The molecule has 24 heavy (non-hydrogen) atoms. The Morgan fingerprint density at radius 1 is 1.33 bits per heavy atom. The van der Waals surface area contributed by atoms with E-state index in [4.69, 9.17) is 4.74 Å². The fourth-order valence-corrected chi connectivity index (χ4v) is 3.58. The Morgan fingerprint density at radius 3 is 2.88 bits per heavy atom. The van der Waals surface area contributed by atoms with E-state index in [1.165, 1.54) is 17.7 Å². The van der Waals surface area contributed by atoms with Gasteiger partial charge in [-0.1, -0.05) is 18.2 Å². The summed E-state index contributed by atoms with van der Waals surface area (Å²) >= 11 is 0. The Bertz CT molecular complexity index is 537. The molecule has 132 valence electrons. The lowest BCUT2D eigenvalue weighted by Gasteiger charge is -2.31. The van der Waals surface area contributed by atoms with E-state index in [0.29, 0.717) is 18.9 Å². The van der Waals surface area contributed by atoms with Gasteiger partial charge in [0.2, 0.25) is 5.91 Å². The van der Waals surface area contributed by atoms with Gasteiger partial charge in [0.1, 0.15) is 0 Å². The molecule has 2 aliphatic heterocycles. The molecule has 1 amide bonds. The number of hydrogen-bond acceptors (Lipinski definition) is 4. The zero-order chi connectivity index (χ0) is 16.8. The number of carbonyl (C=O) groups is 1. The van der Waals surface area contributed by atoms with Crippen LogP contribution in [0.1, 0.15) is 24.8 Å². The Morgan fingerprint density at radius 2 is 2.12 bits per heavy atom. The minimum Gasteiger partial charge on any atom is -0.378 e. The number of ether oxygens (including phenoxy) is 1. The van der Waals surface area contributed by atoms with Crippen LogP contribution in [-0.2, 0) is 16.1 Å². The van der Waals surface area contributed by atoms with Crippen molar-refractivity contribution in [3.63, 3.8) is 0 Å². The van der Waals surface area contributed by atoms with Gasteiger partial charge in [0, 0.05) is 38.8 Å². The van der Waals surface area contributed by atoms with Gasteiger partial charge in [0.15, 0.2) is 0 Å². The van der Waals surface area contributed by atoms with E-state index in [0.717, 1.165) is 45.8 Å². The summed E-state index contributed by atoms with van der Waals surface area (Å²) in [7, 11) is 1.92. The number of para-hydroxylation sites is 1. The SMILES string of the molecule is CN(Cc1ccccc1N1CCOCC1)C(=O)CCC1CCNC1. The van der Waals surface area contributed by atoms with E-state index in [1.807, 2.05) is 11.9 Å². The number of morpholine rings is 1. The van der Waals surface area contributed by atoms with Crippen LogP contribution in [0.2, 0.25) is 0 Å². The minimum absolute atomic E-state index is 0.249. The van der Waals surface area contributed by atoms with Gasteiger partial charge < -0.3 is 19.9 Å². The van der Waals surface area contributed by atoms with Crippen molar-refractivity contribution in [1.82, 2.24) is 10.2 Å². The Balaban J connectivity index is 1.56. The van der Waals surface area contributed by atoms with Gasteiger partial charge in [0.25, 0.3) is 0 Å². The lowest BCUT2D eigenvalue weighted by atomic mass is 10.0. The highest BCUT2D eigenvalue weighted by Gasteiger charge is 2.19. The highest BCUT2D eigenvalue weighted by molar-refractivity contribution is 5.76. The van der Waals surface area contributed by atoms with E-state index in [-0.39, 0.29) is 5.91 Å². The number of nitrogens with zero attached hydrogens (tertiary/aromatic N) is 2. The molecule has 2 fully saturated rings. The van der Waals surface area contributed by atoms with Crippen molar-refractivity contribution in [2.24, 2.45) is 5.92 Å².